The van der Waals surface area contributed by atoms with Crippen LogP contribution in [0.2, 0.25) is 0 Å². The highest BCUT2D eigenvalue weighted by Crippen LogP contribution is 2.19. The maximum Gasteiger partial charge on any atom is 0.181 e. The average Bonchev–Trinajstić information content (AvgIpc) is 2.78. The molecule has 5 heteroatoms. The number of benzene rings is 1. The highest BCUT2D eigenvalue weighted by atomic mass is 79.9. The first kappa shape index (κ1) is 12.3. The summed E-state index contributed by atoms with van der Waals surface area (Å²) >= 11 is 3.43. The maximum absolute atomic E-state index is 5.28. The molecule has 1 heterocycles. The van der Waals surface area contributed by atoms with E-state index in [1.165, 1.54) is 0 Å². The molecule has 0 atom stereocenters. The van der Waals surface area contributed by atoms with Gasteiger partial charge in [0.25, 0.3) is 0 Å². The van der Waals surface area contributed by atoms with Gasteiger partial charge in [-0.3, -0.25) is 5.10 Å². The Morgan fingerprint density at radius 1 is 1.41 bits per heavy atom. The van der Waals surface area contributed by atoms with E-state index in [2.05, 4.69) is 31.1 Å². The quantitative estimate of drug-likeness (QED) is 0.863. The van der Waals surface area contributed by atoms with E-state index in [1.54, 1.807) is 0 Å². The van der Waals surface area contributed by atoms with Gasteiger partial charge in [-0.2, -0.15) is 5.10 Å². The molecule has 1 N–H and O–H groups in total. The first-order chi connectivity index (χ1) is 8.29. The summed E-state index contributed by atoms with van der Waals surface area (Å²) in [6, 6.07) is 7.93. The van der Waals surface area contributed by atoms with Crippen molar-refractivity contribution in [2.24, 2.45) is 0 Å². The number of aromatic nitrogens is 3. The molecule has 0 saturated heterocycles. The molecular weight excluding hydrogens is 282 g/mol. The van der Waals surface area contributed by atoms with Crippen LogP contribution in [-0.2, 0) is 11.2 Å². The van der Waals surface area contributed by atoms with Crippen LogP contribution in [0.4, 0.5) is 0 Å². The van der Waals surface area contributed by atoms with E-state index in [9.17, 15) is 0 Å². The monoisotopic (exact) mass is 295 g/mol. The molecule has 0 aliphatic heterocycles. The van der Waals surface area contributed by atoms with E-state index in [4.69, 9.17) is 4.74 Å². The summed E-state index contributed by atoms with van der Waals surface area (Å²) in [6.45, 7) is 3.38. The van der Waals surface area contributed by atoms with E-state index in [-0.39, 0.29) is 0 Å². The molecule has 0 aliphatic rings. The molecule has 2 aromatic rings. The zero-order valence-corrected chi connectivity index (χ0v) is 11.2. The second kappa shape index (κ2) is 5.93. The van der Waals surface area contributed by atoms with Crippen LogP contribution in [0.1, 0.15) is 12.7 Å². The number of hydrogen-bond acceptors (Lipinski definition) is 3. The van der Waals surface area contributed by atoms with Crippen molar-refractivity contribution in [1.82, 2.24) is 15.2 Å². The Labute approximate surface area is 109 Å². The lowest BCUT2D eigenvalue weighted by atomic mass is 10.2. The number of hydrogen-bond donors (Lipinski definition) is 1. The van der Waals surface area contributed by atoms with Crippen LogP contribution in [0, 0.1) is 0 Å². The van der Waals surface area contributed by atoms with Gasteiger partial charge in [0.2, 0.25) is 0 Å². The molecular formula is C12H14BrN3O. The number of rotatable bonds is 5. The minimum Gasteiger partial charge on any atom is -0.381 e. The molecule has 0 amide bonds. The van der Waals surface area contributed by atoms with E-state index >= 15 is 0 Å². The van der Waals surface area contributed by atoms with Crippen molar-refractivity contribution in [2.45, 2.75) is 13.3 Å². The zero-order valence-electron chi connectivity index (χ0n) is 9.61. The number of H-pyrrole nitrogens is 1. The average molecular weight is 296 g/mol. The number of nitrogens with zero attached hydrogens (tertiary/aromatic N) is 2. The normalized spacial score (nSPS) is 10.7. The molecule has 1 aromatic carbocycles. The molecule has 0 unspecified atom stereocenters. The number of halogens is 1. The van der Waals surface area contributed by atoms with Gasteiger partial charge >= 0.3 is 0 Å². The molecule has 90 valence electrons. The van der Waals surface area contributed by atoms with Gasteiger partial charge in [-0.25, -0.2) is 4.98 Å². The van der Waals surface area contributed by atoms with Gasteiger partial charge in [-0.15, -0.1) is 0 Å². The third-order valence-corrected chi connectivity index (χ3v) is 2.80. The van der Waals surface area contributed by atoms with E-state index < -0.39 is 0 Å². The fraction of sp³-hybridized carbons (Fsp3) is 0.333. The highest BCUT2D eigenvalue weighted by Gasteiger charge is 2.05. The summed E-state index contributed by atoms with van der Waals surface area (Å²) in [5.74, 6) is 1.58. The molecule has 0 spiro atoms. The fourth-order valence-corrected chi connectivity index (χ4v) is 1.88. The van der Waals surface area contributed by atoms with Crippen molar-refractivity contribution < 1.29 is 4.74 Å². The minimum absolute atomic E-state index is 0.670. The van der Waals surface area contributed by atoms with Gasteiger partial charge in [0.05, 0.1) is 6.61 Å². The SMILES string of the molecule is CCOCCc1nc(-c2cccc(Br)c2)n[nH]1. The van der Waals surface area contributed by atoms with E-state index in [0.717, 1.165) is 34.7 Å². The zero-order chi connectivity index (χ0) is 12.1. The molecule has 1 aromatic heterocycles. The molecule has 2 rings (SSSR count). The summed E-state index contributed by atoms with van der Waals surface area (Å²) in [7, 11) is 0. The van der Waals surface area contributed by atoms with Gasteiger partial charge in [0.1, 0.15) is 5.82 Å². The summed E-state index contributed by atoms with van der Waals surface area (Å²) in [4.78, 5) is 4.43. The largest absolute Gasteiger partial charge is 0.381 e. The van der Waals surface area contributed by atoms with Crippen molar-refractivity contribution in [3.8, 4) is 11.4 Å². The third-order valence-electron chi connectivity index (χ3n) is 2.30. The van der Waals surface area contributed by atoms with Crippen LogP contribution in [0.5, 0.6) is 0 Å². The Bertz CT molecular complexity index is 484. The van der Waals surface area contributed by atoms with Crippen molar-refractivity contribution in [1.29, 1.82) is 0 Å². The van der Waals surface area contributed by atoms with E-state index in [1.807, 2.05) is 31.2 Å². The topological polar surface area (TPSA) is 50.8 Å². The van der Waals surface area contributed by atoms with Gasteiger partial charge in [0, 0.05) is 23.1 Å². The van der Waals surface area contributed by atoms with Crippen molar-refractivity contribution in [3.05, 3.63) is 34.6 Å². The van der Waals surface area contributed by atoms with Crippen molar-refractivity contribution in [2.75, 3.05) is 13.2 Å². The van der Waals surface area contributed by atoms with Gasteiger partial charge in [0.15, 0.2) is 5.82 Å². The lowest BCUT2D eigenvalue weighted by Gasteiger charge is -1.97. The number of aromatic amines is 1. The lowest BCUT2D eigenvalue weighted by molar-refractivity contribution is 0.149. The second-order valence-electron chi connectivity index (χ2n) is 3.56. The van der Waals surface area contributed by atoms with Crippen molar-refractivity contribution >= 4 is 15.9 Å². The van der Waals surface area contributed by atoms with Crippen LogP contribution >= 0.6 is 15.9 Å². The Balaban J connectivity index is 2.07. The number of nitrogens with one attached hydrogen (secondary N) is 1. The Morgan fingerprint density at radius 2 is 2.29 bits per heavy atom. The molecule has 0 saturated carbocycles. The molecule has 0 bridgehead atoms. The predicted octanol–water partition coefficient (Wildman–Crippen LogP) is 2.81. The molecule has 0 aliphatic carbocycles. The van der Waals surface area contributed by atoms with Gasteiger partial charge in [-0.05, 0) is 19.1 Å². The summed E-state index contributed by atoms with van der Waals surface area (Å²) < 4.78 is 6.30. The molecule has 0 fully saturated rings. The standard InChI is InChI=1S/C12H14BrN3O/c1-2-17-7-6-11-14-12(16-15-11)9-4-3-5-10(13)8-9/h3-5,8H,2,6-7H2,1H3,(H,14,15,16). The highest BCUT2D eigenvalue weighted by molar-refractivity contribution is 9.10. The summed E-state index contributed by atoms with van der Waals surface area (Å²) in [5, 5.41) is 7.12. The Hall–Kier alpha value is -1.20. The number of ether oxygens (including phenoxy) is 1. The minimum atomic E-state index is 0.670. The molecule has 17 heavy (non-hydrogen) atoms. The van der Waals surface area contributed by atoms with Crippen LogP contribution < -0.4 is 0 Å². The second-order valence-corrected chi connectivity index (χ2v) is 4.48. The van der Waals surface area contributed by atoms with Gasteiger partial charge in [-0.1, -0.05) is 28.1 Å². The lowest BCUT2D eigenvalue weighted by Crippen LogP contribution is -1.99. The summed E-state index contributed by atoms with van der Waals surface area (Å²) in [5.41, 5.74) is 0.998. The smallest absolute Gasteiger partial charge is 0.181 e. The maximum atomic E-state index is 5.28. The van der Waals surface area contributed by atoms with Crippen LogP contribution in [0.3, 0.4) is 0 Å². The van der Waals surface area contributed by atoms with Crippen LogP contribution in [0.15, 0.2) is 28.7 Å². The van der Waals surface area contributed by atoms with Crippen LogP contribution in [-0.4, -0.2) is 28.4 Å². The third kappa shape index (κ3) is 3.38. The summed E-state index contributed by atoms with van der Waals surface area (Å²) in [6.07, 6.45) is 0.759. The molecule has 0 radical (unpaired) electrons. The fourth-order valence-electron chi connectivity index (χ4n) is 1.48. The molecule has 4 nitrogen and oxygen atoms in total. The van der Waals surface area contributed by atoms with E-state index in [0.29, 0.717) is 6.61 Å². The Kier molecular flexibility index (Phi) is 4.28. The Morgan fingerprint density at radius 3 is 3.06 bits per heavy atom. The van der Waals surface area contributed by atoms with Crippen LogP contribution in [0.25, 0.3) is 11.4 Å². The van der Waals surface area contributed by atoms with Crippen molar-refractivity contribution in [3.63, 3.8) is 0 Å². The first-order valence-electron chi connectivity index (χ1n) is 5.54. The predicted molar refractivity (Wildman–Crippen MR) is 69.7 cm³/mol. The van der Waals surface area contributed by atoms with Gasteiger partial charge < -0.3 is 4.74 Å². The first-order valence-corrected chi connectivity index (χ1v) is 6.34.